The molecule has 0 fully saturated rings. The minimum Gasteiger partial charge on any atom is -0.396 e. The average Bonchev–Trinajstić information content (AvgIpc) is 2.50. The smallest absolute Gasteiger partial charge is 0.257 e. The maximum atomic E-state index is 12.4. The van der Waals surface area contributed by atoms with Crippen molar-refractivity contribution in [2.75, 3.05) is 17.7 Å². The van der Waals surface area contributed by atoms with Crippen molar-refractivity contribution < 1.29 is 9.90 Å². The number of anilines is 1. The highest BCUT2D eigenvalue weighted by molar-refractivity contribution is 7.98. The minimum atomic E-state index is -0.145. The monoisotopic (exact) mass is 316 g/mol. The van der Waals surface area contributed by atoms with Crippen molar-refractivity contribution >= 4 is 23.5 Å². The molecular formula is C17H20N2O2S. The van der Waals surface area contributed by atoms with Crippen LogP contribution in [0.4, 0.5) is 5.82 Å². The lowest BCUT2D eigenvalue weighted by molar-refractivity contribution is 0.102. The molecule has 4 nitrogen and oxygen atoms in total. The Morgan fingerprint density at radius 3 is 2.91 bits per heavy atom. The summed E-state index contributed by atoms with van der Waals surface area (Å²) in [5, 5.41) is 11.7. The summed E-state index contributed by atoms with van der Waals surface area (Å²) in [6, 6.07) is 9.47. The molecule has 0 spiro atoms. The molecule has 1 aromatic carbocycles. The second-order valence-corrected chi connectivity index (χ2v) is 6.13. The molecule has 2 N–H and O–H groups in total. The first-order chi connectivity index (χ1) is 10.6. The largest absolute Gasteiger partial charge is 0.396 e. The van der Waals surface area contributed by atoms with Crippen LogP contribution in [0, 0.1) is 13.8 Å². The lowest BCUT2D eigenvalue weighted by atomic mass is 10.0. The fourth-order valence-electron chi connectivity index (χ4n) is 2.07. The molecule has 0 aliphatic heterocycles. The van der Waals surface area contributed by atoms with Crippen LogP contribution >= 0.6 is 11.8 Å². The first kappa shape index (κ1) is 16.5. The van der Waals surface area contributed by atoms with E-state index in [0.29, 0.717) is 17.1 Å². The summed E-state index contributed by atoms with van der Waals surface area (Å²) in [6.45, 7) is 4.11. The van der Waals surface area contributed by atoms with Gasteiger partial charge in [-0.25, -0.2) is 4.98 Å². The third kappa shape index (κ3) is 4.32. The molecule has 116 valence electrons. The molecule has 5 heteroatoms. The zero-order valence-electron chi connectivity index (χ0n) is 12.8. The maximum Gasteiger partial charge on any atom is 0.257 e. The summed E-state index contributed by atoms with van der Waals surface area (Å²) in [5.74, 6) is 1.89. The molecule has 2 rings (SSSR count). The molecule has 1 aromatic heterocycles. The van der Waals surface area contributed by atoms with Gasteiger partial charge in [0, 0.05) is 23.3 Å². The Bertz CT molecular complexity index is 659. The lowest BCUT2D eigenvalue weighted by Crippen LogP contribution is -2.14. The second kappa shape index (κ2) is 7.96. The van der Waals surface area contributed by atoms with Gasteiger partial charge in [0.05, 0.1) is 6.61 Å². The van der Waals surface area contributed by atoms with E-state index in [2.05, 4.69) is 10.3 Å². The van der Waals surface area contributed by atoms with Gasteiger partial charge in [-0.15, -0.1) is 0 Å². The van der Waals surface area contributed by atoms with Gasteiger partial charge >= 0.3 is 0 Å². The first-order valence-electron chi connectivity index (χ1n) is 7.13. The van der Waals surface area contributed by atoms with Gasteiger partial charge in [-0.3, -0.25) is 4.79 Å². The standard InChI is InChI=1S/C17H20N2O2S/c1-12-4-3-5-15(13(12)2)17(21)19-16-10-14(6-7-18-16)11-22-9-8-20/h3-7,10,20H,8-9,11H2,1-2H3,(H,18,19,21). The Labute approximate surface area is 135 Å². The van der Waals surface area contributed by atoms with Crippen LogP contribution in [0.3, 0.4) is 0 Å². The zero-order chi connectivity index (χ0) is 15.9. The Hall–Kier alpha value is -1.85. The van der Waals surface area contributed by atoms with Crippen molar-refractivity contribution in [1.82, 2.24) is 4.98 Å². The molecule has 2 aromatic rings. The first-order valence-corrected chi connectivity index (χ1v) is 8.28. The van der Waals surface area contributed by atoms with Gasteiger partial charge < -0.3 is 10.4 Å². The van der Waals surface area contributed by atoms with E-state index in [9.17, 15) is 4.79 Å². The predicted molar refractivity (Wildman–Crippen MR) is 91.4 cm³/mol. The van der Waals surface area contributed by atoms with Crippen LogP contribution in [-0.2, 0) is 5.75 Å². The number of aromatic nitrogens is 1. The molecule has 0 saturated heterocycles. The molecule has 0 aliphatic carbocycles. The van der Waals surface area contributed by atoms with Crippen molar-refractivity contribution in [3.05, 3.63) is 58.8 Å². The number of benzene rings is 1. The van der Waals surface area contributed by atoms with E-state index in [4.69, 9.17) is 5.11 Å². The van der Waals surface area contributed by atoms with Gasteiger partial charge in [-0.1, -0.05) is 12.1 Å². The number of aliphatic hydroxyl groups excluding tert-OH is 1. The summed E-state index contributed by atoms with van der Waals surface area (Å²) in [7, 11) is 0. The van der Waals surface area contributed by atoms with Crippen LogP contribution in [0.25, 0.3) is 0 Å². The number of thioether (sulfide) groups is 1. The number of rotatable bonds is 6. The summed E-state index contributed by atoms with van der Waals surface area (Å²) in [5.41, 5.74) is 3.82. The van der Waals surface area contributed by atoms with Gasteiger partial charge in [0.1, 0.15) is 5.82 Å². The van der Waals surface area contributed by atoms with Gasteiger partial charge in [-0.05, 0) is 48.7 Å². The van der Waals surface area contributed by atoms with Crippen LogP contribution in [0.1, 0.15) is 27.0 Å². The van der Waals surface area contributed by atoms with Gasteiger partial charge in [0.25, 0.3) is 5.91 Å². The van der Waals surface area contributed by atoms with Crippen LogP contribution in [-0.4, -0.2) is 28.4 Å². The number of carbonyl (C=O) groups excluding carboxylic acids is 1. The van der Waals surface area contributed by atoms with Crippen molar-refractivity contribution in [2.24, 2.45) is 0 Å². The highest BCUT2D eigenvalue weighted by Crippen LogP contribution is 2.17. The van der Waals surface area contributed by atoms with E-state index in [0.717, 1.165) is 22.4 Å². The lowest BCUT2D eigenvalue weighted by Gasteiger charge is -2.10. The van der Waals surface area contributed by atoms with Crippen LogP contribution in [0.5, 0.6) is 0 Å². The number of hydrogen-bond donors (Lipinski definition) is 2. The van der Waals surface area contributed by atoms with E-state index in [1.165, 1.54) is 0 Å². The highest BCUT2D eigenvalue weighted by atomic mass is 32.2. The van der Waals surface area contributed by atoms with Crippen LogP contribution in [0.2, 0.25) is 0 Å². The fourth-order valence-corrected chi connectivity index (χ4v) is 2.76. The highest BCUT2D eigenvalue weighted by Gasteiger charge is 2.11. The van der Waals surface area contributed by atoms with E-state index >= 15 is 0 Å². The zero-order valence-corrected chi connectivity index (χ0v) is 13.6. The molecule has 0 saturated carbocycles. The van der Waals surface area contributed by atoms with Gasteiger partial charge in [0.15, 0.2) is 0 Å². The Kier molecular flexibility index (Phi) is 5.98. The number of aliphatic hydroxyl groups is 1. The number of nitrogens with one attached hydrogen (secondary N) is 1. The second-order valence-electron chi connectivity index (χ2n) is 5.03. The van der Waals surface area contributed by atoms with E-state index in [-0.39, 0.29) is 12.5 Å². The molecule has 0 unspecified atom stereocenters. The van der Waals surface area contributed by atoms with Crippen molar-refractivity contribution in [1.29, 1.82) is 0 Å². The third-order valence-corrected chi connectivity index (χ3v) is 4.43. The van der Waals surface area contributed by atoms with Crippen LogP contribution < -0.4 is 5.32 Å². The normalized spacial score (nSPS) is 10.5. The van der Waals surface area contributed by atoms with E-state index in [1.54, 1.807) is 18.0 Å². The Balaban J connectivity index is 2.08. The number of pyridine rings is 1. The SMILES string of the molecule is Cc1cccc(C(=O)Nc2cc(CSCCO)ccn2)c1C. The summed E-state index contributed by atoms with van der Waals surface area (Å²) in [4.78, 5) is 16.6. The fraction of sp³-hybridized carbons (Fsp3) is 0.294. The molecule has 1 amide bonds. The summed E-state index contributed by atoms with van der Waals surface area (Å²) >= 11 is 1.64. The number of hydrogen-bond acceptors (Lipinski definition) is 4. The predicted octanol–water partition coefficient (Wildman–Crippen LogP) is 3.18. The summed E-state index contributed by atoms with van der Waals surface area (Å²) < 4.78 is 0. The van der Waals surface area contributed by atoms with Gasteiger partial charge in [-0.2, -0.15) is 11.8 Å². The van der Waals surface area contributed by atoms with Crippen LogP contribution in [0.15, 0.2) is 36.5 Å². The van der Waals surface area contributed by atoms with Crippen molar-refractivity contribution in [2.45, 2.75) is 19.6 Å². The molecule has 0 radical (unpaired) electrons. The van der Waals surface area contributed by atoms with E-state index < -0.39 is 0 Å². The number of amides is 1. The Morgan fingerprint density at radius 2 is 2.14 bits per heavy atom. The Morgan fingerprint density at radius 1 is 1.32 bits per heavy atom. The third-order valence-electron chi connectivity index (χ3n) is 3.42. The maximum absolute atomic E-state index is 12.4. The minimum absolute atomic E-state index is 0.145. The number of carbonyl (C=O) groups is 1. The molecule has 0 bridgehead atoms. The van der Waals surface area contributed by atoms with Crippen molar-refractivity contribution in [3.8, 4) is 0 Å². The molecule has 1 heterocycles. The van der Waals surface area contributed by atoms with Crippen molar-refractivity contribution in [3.63, 3.8) is 0 Å². The quantitative estimate of drug-likeness (QED) is 0.804. The molecule has 0 atom stereocenters. The van der Waals surface area contributed by atoms with E-state index in [1.807, 2.05) is 44.2 Å². The average molecular weight is 316 g/mol. The van der Waals surface area contributed by atoms with Gasteiger partial charge in [0.2, 0.25) is 0 Å². The number of nitrogens with zero attached hydrogens (tertiary/aromatic N) is 1. The molecular weight excluding hydrogens is 296 g/mol. The molecule has 22 heavy (non-hydrogen) atoms. The topological polar surface area (TPSA) is 62.2 Å². The number of aryl methyl sites for hydroxylation is 1. The molecule has 0 aliphatic rings. The summed E-state index contributed by atoms with van der Waals surface area (Å²) in [6.07, 6.45) is 1.69.